The maximum absolute atomic E-state index is 13.4. The highest BCUT2D eigenvalue weighted by Gasteiger charge is 2.39. The van der Waals surface area contributed by atoms with Crippen molar-refractivity contribution in [3.05, 3.63) is 84.0 Å². The number of hydrogen-bond acceptors (Lipinski definition) is 6. The van der Waals surface area contributed by atoms with Crippen LogP contribution in [0, 0.1) is 0 Å². The molecule has 2 heterocycles. The Morgan fingerprint density at radius 3 is 2.42 bits per heavy atom. The van der Waals surface area contributed by atoms with Gasteiger partial charge in [-0.05, 0) is 50.5 Å². The quantitative estimate of drug-likeness (QED) is 0.310. The van der Waals surface area contributed by atoms with Gasteiger partial charge in [-0.3, -0.25) is 9.59 Å². The van der Waals surface area contributed by atoms with Crippen molar-refractivity contribution in [1.29, 1.82) is 0 Å². The van der Waals surface area contributed by atoms with E-state index in [0.29, 0.717) is 18.4 Å². The lowest BCUT2D eigenvalue weighted by Gasteiger charge is -2.21. The molecule has 0 aromatic heterocycles. The topological polar surface area (TPSA) is 93.2 Å². The number of carbonyl (C=O) groups excluding carboxylic acids is 4. The normalized spacial score (nSPS) is 21.6. The molecular weight excluding hydrogens is 484 g/mol. The van der Waals surface area contributed by atoms with Gasteiger partial charge in [0.1, 0.15) is 13.2 Å². The van der Waals surface area contributed by atoms with E-state index in [0.717, 1.165) is 30.4 Å². The third-order valence-corrected chi connectivity index (χ3v) is 6.90. The minimum Gasteiger partial charge on any atom is -0.447 e. The molecule has 4 rings (SSSR count). The van der Waals surface area contributed by atoms with Crippen LogP contribution in [0.3, 0.4) is 0 Å². The van der Waals surface area contributed by atoms with Crippen molar-refractivity contribution in [3.63, 3.8) is 0 Å². The van der Waals surface area contributed by atoms with E-state index in [-0.39, 0.29) is 44.4 Å². The van der Waals surface area contributed by atoms with Crippen LogP contribution in [0.4, 0.5) is 9.59 Å². The monoisotopic (exact) mass is 518 g/mol. The lowest BCUT2D eigenvalue weighted by atomic mass is 10.0. The second-order valence-electron chi connectivity index (χ2n) is 9.67. The van der Waals surface area contributed by atoms with Crippen molar-refractivity contribution in [3.8, 4) is 0 Å². The number of amides is 4. The second kappa shape index (κ2) is 13.0. The molecule has 1 aromatic carbocycles. The van der Waals surface area contributed by atoms with E-state index in [1.807, 2.05) is 30.3 Å². The highest BCUT2D eigenvalue weighted by molar-refractivity contribution is 6.03. The Bertz CT molecular complexity index is 1150. The number of allylic oxidation sites excluding steroid dienone is 5. The highest BCUT2D eigenvalue weighted by Crippen LogP contribution is 2.25. The number of imide groups is 2. The smallest absolute Gasteiger partial charge is 0.417 e. The van der Waals surface area contributed by atoms with E-state index in [2.05, 4.69) is 24.8 Å². The van der Waals surface area contributed by atoms with Crippen LogP contribution in [0.1, 0.15) is 50.5 Å². The Hall–Kier alpha value is -3.94. The molecule has 1 aliphatic carbocycles. The molecule has 8 heteroatoms. The molecule has 0 N–H and O–H groups in total. The summed E-state index contributed by atoms with van der Waals surface area (Å²) in [5.74, 6) is -0.800. The number of benzene rings is 1. The molecule has 0 spiro atoms. The Kier molecular flexibility index (Phi) is 9.30. The summed E-state index contributed by atoms with van der Waals surface area (Å²) in [6, 6.07) is 8.86. The first-order valence-corrected chi connectivity index (χ1v) is 13.2. The zero-order chi connectivity index (χ0) is 26.9. The molecule has 0 radical (unpaired) electrons. The Morgan fingerprint density at radius 2 is 1.68 bits per heavy atom. The van der Waals surface area contributed by atoms with E-state index in [1.54, 1.807) is 12.2 Å². The minimum absolute atomic E-state index is 0.0276. The van der Waals surface area contributed by atoms with Crippen LogP contribution < -0.4 is 0 Å². The van der Waals surface area contributed by atoms with Gasteiger partial charge in [0.05, 0.1) is 12.1 Å². The van der Waals surface area contributed by atoms with Crippen LogP contribution >= 0.6 is 0 Å². The summed E-state index contributed by atoms with van der Waals surface area (Å²) in [5.41, 5.74) is 2.47. The lowest BCUT2D eigenvalue weighted by Crippen LogP contribution is -2.40. The molecule has 2 aliphatic heterocycles. The average molecular weight is 519 g/mol. The Morgan fingerprint density at radius 1 is 0.974 bits per heavy atom. The van der Waals surface area contributed by atoms with Crippen molar-refractivity contribution in [2.24, 2.45) is 0 Å². The van der Waals surface area contributed by atoms with Crippen molar-refractivity contribution >= 4 is 24.0 Å². The summed E-state index contributed by atoms with van der Waals surface area (Å²) in [5, 5.41) is 0. The third-order valence-electron chi connectivity index (χ3n) is 6.90. The lowest BCUT2D eigenvalue weighted by molar-refractivity contribution is -0.129. The molecule has 0 saturated carbocycles. The van der Waals surface area contributed by atoms with Crippen molar-refractivity contribution < 1.29 is 28.7 Å². The van der Waals surface area contributed by atoms with Gasteiger partial charge in [-0.1, -0.05) is 66.3 Å². The van der Waals surface area contributed by atoms with Gasteiger partial charge in [-0.2, -0.15) is 0 Å². The van der Waals surface area contributed by atoms with Crippen LogP contribution in [0.2, 0.25) is 0 Å². The molecule has 0 bridgehead atoms. The predicted molar refractivity (Wildman–Crippen MR) is 142 cm³/mol. The van der Waals surface area contributed by atoms with Gasteiger partial charge in [0, 0.05) is 12.0 Å². The number of ether oxygens (including phenoxy) is 2. The zero-order valence-corrected chi connectivity index (χ0v) is 21.6. The minimum atomic E-state index is -0.659. The van der Waals surface area contributed by atoms with Crippen LogP contribution in [-0.2, 0) is 25.5 Å². The van der Waals surface area contributed by atoms with Crippen LogP contribution in [0.5, 0.6) is 0 Å². The van der Waals surface area contributed by atoms with Gasteiger partial charge in [-0.25, -0.2) is 19.4 Å². The van der Waals surface area contributed by atoms with Gasteiger partial charge in [-0.15, -0.1) is 6.58 Å². The molecule has 1 aromatic rings. The van der Waals surface area contributed by atoms with Crippen molar-refractivity contribution in [1.82, 2.24) is 9.80 Å². The van der Waals surface area contributed by atoms with E-state index >= 15 is 0 Å². The van der Waals surface area contributed by atoms with E-state index in [9.17, 15) is 19.2 Å². The standard InChI is InChI=1S/C30H34N2O6/c1-2-11-24(28(34)32-26(21-38-30(32)36)19-23-12-6-3-4-7-13-23)16-10-17-27(33)31-25(20-37-29(31)35)18-22-14-8-5-9-15-22/h2,5-6,8-9,12-16,25-26H,1,3-4,7,10-11,17-21H2/b24-16+. The molecular formula is C30H34N2O6. The van der Waals surface area contributed by atoms with E-state index in [4.69, 9.17) is 9.47 Å². The highest BCUT2D eigenvalue weighted by atomic mass is 16.6. The average Bonchev–Trinajstić information content (AvgIpc) is 3.34. The molecule has 4 amide bonds. The van der Waals surface area contributed by atoms with Crippen molar-refractivity contribution in [2.45, 2.75) is 63.5 Å². The largest absolute Gasteiger partial charge is 0.447 e. The summed E-state index contributed by atoms with van der Waals surface area (Å²) < 4.78 is 10.4. The molecule has 2 saturated heterocycles. The number of carbonyl (C=O) groups is 4. The van der Waals surface area contributed by atoms with E-state index < -0.39 is 24.1 Å². The molecule has 3 aliphatic rings. The van der Waals surface area contributed by atoms with Crippen LogP contribution in [-0.4, -0.2) is 59.1 Å². The summed E-state index contributed by atoms with van der Waals surface area (Å²) in [6.45, 7) is 4.04. The molecule has 2 atom stereocenters. The van der Waals surface area contributed by atoms with Crippen LogP contribution in [0.15, 0.2) is 78.4 Å². The summed E-state index contributed by atoms with van der Waals surface area (Å²) in [7, 11) is 0. The van der Waals surface area contributed by atoms with Gasteiger partial charge < -0.3 is 9.47 Å². The molecule has 38 heavy (non-hydrogen) atoms. The van der Waals surface area contributed by atoms with Gasteiger partial charge >= 0.3 is 12.2 Å². The maximum atomic E-state index is 13.4. The SMILES string of the molecule is C=CC/C(=C\CCC(=O)N1C(=O)OCC1Cc1ccccc1)C(=O)N1C(=O)OCC1CC1=CCCCC=C1. The fraction of sp³-hybridized carbons (Fsp3) is 0.400. The molecule has 2 unspecified atom stereocenters. The summed E-state index contributed by atoms with van der Waals surface area (Å²) in [6.07, 6.45) is 12.9. The van der Waals surface area contributed by atoms with Gasteiger partial charge in [0.15, 0.2) is 0 Å². The number of hydrogen-bond donors (Lipinski definition) is 0. The molecule has 2 fully saturated rings. The summed E-state index contributed by atoms with van der Waals surface area (Å²) in [4.78, 5) is 53.5. The summed E-state index contributed by atoms with van der Waals surface area (Å²) >= 11 is 0. The number of nitrogens with zero attached hydrogens (tertiary/aromatic N) is 2. The van der Waals surface area contributed by atoms with Crippen molar-refractivity contribution in [2.75, 3.05) is 13.2 Å². The first-order valence-electron chi connectivity index (χ1n) is 13.2. The van der Waals surface area contributed by atoms with Gasteiger partial charge in [0.25, 0.3) is 5.91 Å². The molecule has 8 nitrogen and oxygen atoms in total. The van der Waals surface area contributed by atoms with E-state index in [1.165, 1.54) is 9.80 Å². The van der Waals surface area contributed by atoms with Gasteiger partial charge in [0.2, 0.25) is 5.91 Å². The first kappa shape index (κ1) is 27.1. The van der Waals surface area contributed by atoms with Crippen LogP contribution in [0.25, 0.3) is 0 Å². The number of rotatable bonds is 10. The second-order valence-corrected chi connectivity index (χ2v) is 9.67. The first-order chi connectivity index (χ1) is 18.5. The Labute approximate surface area is 223 Å². The maximum Gasteiger partial charge on any atom is 0.417 e. The third kappa shape index (κ3) is 6.68. The fourth-order valence-corrected chi connectivity index (χ4v) is 4.97. The molecule has 200 valence electrons. The number of cyclic esters (lactones) is 2. The predicted octanol–water partition coefficient (Wildman–Crippen LogP) is 5.26. The zero-order valence-electron chi connectivity index (χ0n) is 21.6. The fourth-order valence-electron chi connectivity index (χ4n) is 4.97. The Balaban J connectivity index is 1.40.